The first-order chi connectivity index (χ1) is 16.8. The van der Waals surface area contributed by atoms with Crippen LogP contribution in [0.5, 0.6) is 0 Å². The van der Waals surface area contributed by atoms with E-state index in [1.165, 1.54) is 0 Å². The van der Waals surface area contributed by atoms with Crippen LogP contribution in [0.4, 0.5) is 0 Å². The summed E-state index contributed by atoms with van der Waals surface area (Å²) in [5.74, 6) is -5.51. The van der Waals surface area contributed by atoms with Crippen molar-refractivity contribution in [1.82, 2.24) is 21.3 Å². The minimum absolute atomic E-state index is 0.0840. The molecule has 0 aromatic rings. The number of carbonyl (C=O) groups is 6. The number of rotatable bonds is 18. The number of aliphatic hydroxyl groups is 1. The second-order valence-corrected chi connectivity index (χ2v) is 8.67. The predicted octanol–water partition coefficient (Wildman–Crippen LogP) is -3.99. The third kappa shape index (κ3) is 13.6. The summed E-state index contributed by atoms with van der Waals surface area (Å²) >= 11 is 0. The lowest BCUT2D eigenvalue weighted by Crippen LogP contribution is -2.56. The summed E-state index contributed by atoms with van der Waals surface area (Å²) in [5.41, 5.74) is 16.3. The minimum atomic E-state index is -1.49. The SMILES string of the molecule is CC(C)C[C@H](N)C(=O)N[C@@H](CO)C(=O)NCC(=O)N[C@@H](CC(N)=O)C(=O)N[C@@H](CCCCN)C(=O)O. The maximum atomic E-state index is 12.5. The Morgan fingerprint density at radius 1 is 0.861 bits per heavy atom. The highest BCUT2D eigenvalue weighted by Gasteiger charge is 2.28. The fourth-order valence-electron chi connectivity index (χ4n) is 3.06. The van der Waals surface area contributed by atoms with Gasteiger partial charge >= 0.3 is 5.97 Å². The van der Waals surface area contributed by atoms with Crippen LogP contribution in [-0.4, -0.2) is 89.6 Å². The van der Waals surface area contributed by atoms with Crippen LogP contribution in [-0.2, 0) is 28.8 Å². The van der Waals surface area contributed by atoms with Crippen LogP contribution < -0.4 is 38.5 Å². The molecule has 206 valence electrons. The molecule has 4 atom stereocenters. The molecule has 0 aliphatic rings. The molecule has 12 N–H and O–H groups in total. The molecule has 36 heavy (non-hydrogen) atoms. The van der Waals surface area contributed by atoms with Crippen molar-refractivity contribution in [3.05, 3.63) is 0 Å². The van der Waals surface area contributed by atoms with E-state index in [1.54, 1.807) is 0 Å². The molecule has 0 rings (SSSR count). The Labute approximate surface area is 209 Å². The zero-order valence-corrected chi connectivity index (χ0v) is 20.6. The number of hydrogen-bond acceptors (Lipinski definition) is 9. The maximum Gasteiger partial charge on any atom is 0.326 e. The van der Waals surface area contributed by atoms with Crippen molar-refractivity contribution in [3.63, 3.8) is 0 Å². The molecule has 0 aromatic heterocycles. The topological polar surface area (TPSA) is 269 Å². The summed E-state index contributed by atoms with van der Waals surface area (Å²) in [7, 11) is 0. The Kier molecular flexibility index (Phi) is 15.6. The molecule has 0 aliphatic heterocycles. The van der Waals surface area contributed by atoms with Gasteiger partial charge in [-0.15, -0.1) is 0 Å². The molecule has 0 saturated carbocycles. The van der Waals surface area contributed by atoms with Crippen molar-refractivity contribution in [2.45, 2.75) is 70.1 Å². The van der Waals surface area contributed by atoms with E-state index in [-0.39, 0.29) is 12.3 Å². The van der Waals surface area contributed by atoms with E-state index in [1.807, 2.05) is 13.8 Å². The Hall–Kier alpha value is -3.30. The first-order valence-corrected chi connectivity index (χ1v) is 11.6. The second-order valence-electron chi connectivity index (χ2n) is 8.67. The van der Waals surface area contributed by atoms with E-state index >= 15 is 0 Å². The van der Waals surface area contributed by atoms with Crippen molar-refractivity contribution in [2.24, 2.45) is 23.1 Å². The monoisotopic (exact) mass is 517 g/mol. The summed E-state index contributed by atoms with van der Waals surface area (Å²) in [4.78, 5) is 71.9. The maximum absolute atomic E-state index is 12.5. The molecule has 0 fully saturated rings. The van der Waals surface area contributed by atoms with Gasteiger partial charge in [-0.25, -0.2) is 4.79 Å². The highest BCUT2D eigenvalue weighted by molar-refractivity contribution is 5.95. The van der Waals surface area contributed by atoms with Gasteiger partial charge in [0.1, 0.15) is 18.1 Å². The Morgan fingerprint density at radius 2 is 1.47 bits per heavy atom. The smallest absolute Gasteiger partial charge is 0.326 e. The van der Waals surface area contributed by atoms with Crippen molar-refractivity contribution in [1.29, 1.82) is 0 Å². The summed E-state index contributed by atoms with van der Waals surface area (Å²) in [6.45, 7) is 2.62. The lowest BCUT2D eigenvalue weighted by molar-refractivity contribution is -0.142. The first kappa shape index (κ1) is 32.7. The second kappa shape index (κ2) is 17.2. The molecule has 0 aromatic carbocycles. The van der Waals surface area contributed by atoms with Gasteiger partial charge in [0.2, 0.25) is 29.5 Å². The molecule has 0 bridgehead atoms. The fraction of sp³-hybridized carbons (Fsp3) is 0.714. The lowest BCUT2D eigenvalue weighted by Gasteiger charge is -2.22. The fourth-order valence-corrected chi connectivity index (χ4v) is 3.06. The normalized spacial score (nSPS) is 14.2. The van der Waals surface area contributed by atoms with Crippen LogP contribution in [0.25, 0.3) is 0 Å². The Bertz CT molecular complexity index is 777. The molecule has 0 saturated heterocycles. The van der Waals surface area contributed by atoms with Gasteiger partial charge in [0.25, 0.3) is 0 Å². The van der Waals surface area contributed by atoms with Crippen molar-refractivity contribution >= 4 is 35.5 Å². The van der Waals surface area contributed by atoms with E-state index in [9.17, 15) is 39.0 Å². The van der Waals surface area contributed by atoms with Gasteiger partial charge in [0, 0.05) is 0 Å². The van der Waals surface area contributed by atoms with Crippen LogP contribution in [0.3, 0.4) is 0 Å². The van der Waals surface area contributed by atoms with Gasteiger partial charge in [0.05, 0.1) is 25.6 Å². The number of aliphatic carboxylic acids is 1. The van der Waals surface area contributed by atoms with Crippen LogP contribution in [0.1, 0.15) is 46.0 Å². The molecule has 0 radical (unpaired) electrons. The molecule has 0 unspecified atom stereocenters. The zero-order valence-electron chi connectivity index (χ0n) is 20.6. The minimum Gasteiger partial charge on any atom is -0.480 e. The quantitative estimate of drug-likeness (QED) is 0.0795. The number of nitrogens with two attached hydrogens (primary N) is 3. The number of unbranched alkanes of at least 4 members (excludes halogenated alkanes) is 1. The highest BCUT2D eigenvalue weighted by atomic mass is 16.4. The molecule has 15 heteroatoms. The largest absolute Gasteiger partial charge is 0.480 e. The predicted molar refractivity (Wildman–Crippen MR) is 128 cm³/mol. The Balaban J connectivity index is 5.01. The molecule has 0 aliphatic carbocycles. The number of carboxylic acid groups (broad SMARTS) is 1. The molecule has 15 nitrogen and oxygen atoms in total. The van der Waals surface area contributed by atoms with Crippen LogP contribution in [0.15, 0.2) is 0 Å². The molecule has 5 amide bonds. The lowest BCUT2D eigenvalue weighted by atomic mass is 10.0. The van der Waals surface area contributed by atoms with Crippen LogP contribution >= 0.6 is 0 Å². The summed E-state index contributed by atoms with van der Waals surface area (Å²) in [6, 6.07) is -5.04. The zero-order chi connectivity index (χ0) is 27.8. The number of carbonyl (C=O) groups excluding carboxylic acids is 5. The number of amides is 5. The van der Waals surface area contributed by atoms with E-state index in [2.05, 4.69) is 21.3 Å². The summed E-state index contributed by atoms with van der Waals surface area (Å²) < 4.78 is 0. The van der Waals surface area contributed by atoms with E-state index in [4.69, 9.17) is 17.2 Å². The van der Waals surface area contributed by atoms with Gasteiger partial charge in [-0.2, -0.15) is 0 Å². The third-order valence-electron chi connectivity index (χ3n) is 4.92. The molecular formula is C21H39N7O8. The number of nitrogens with one attached hydrogen (secondary N) is 4. The first-order valence-electron chi connectivity index (χ1n) is 11.6. The number of primary amides is 1. The molecular weight excluding hydrogens is 478 g/mol. The van der Waals surface area contributed by atoms with Crippen molar-refractivity contribution in [3.8, 4) is 0 Å². The van der Waals surface area contributed by atoms with Gasteiger partial charge < -0.3 is 48.7 Å². The average molecular weight is 518 g/mol. The van der Waals surface area contributed by atoms with E-state index in [0.29, 0.717) is 25.8 Å². The molecule has 0 heterocycles. The van der Waals surface area contributed by atoms with Crippen LogP contribution in [0, 0.1) is 5.92 Å². The van der Waals surface area contributed by atoms with E-state index in [0.717, 1.165) is 0 Å². The van der Waals surface area contributed by atoms with E-state index < -0.39 is 79.2 Å². The van der Waals surface area contributed by atoms with Crippen molar-refractivity contribution in [2.75, 3.05) is 19.7 Å². The molecule has 0 spiro atoms. The number of hydrogen-bond donors (Lipinski definition) is 9. The third-order valence-corrected chi connectivity index (χ3v) is 4.92. The number of carboxylic acids is 1. The van der Waals surface area contributed by atoms with Gasteiger partial charge in [-0.3, -0.25) is 24.0 Å². The van der Waals surface area contributed by atoms with Gasteiger partial charge in [0.15, 0.2) is 0 Å². The summed E-state index contributed by atoms with van der Waals surface area (Å²) in [5, 5.41) is 27.6. The van der Waals surface area contributed by atoms with Crippen molar-refractivity contribution < 1.29 is 39.0 Å². The Morgan fingerprint density at radius 3 is 1.97 bits per heavy atom. The number of aliphatic hydroxyl groups excluding tert-OH is 1. The van der Waals surface area contributed by atoms with Gasteiger partial charge in [-0.1, -0.05) is 13.8 Å². The van der Waals surface area contributed by atoms with Gasteiger partial charge in [-0.05, 0) is 38.1 Å². The van der Waals surface area contributed by atoms with Crippen LogP contribution in [0.2, 0.25) is 0 Å². The average Bonchev–Trinajstić information content (AvgIpc) is 2.78. The summed E-state index contributed by atoms with van der Waals surface area (Å²) in [6.07, 6.45) is 0.786. The highest BCUT2D eigenvalue weighted by Crippen LogP contribution is 2.04. The standard InChI is InChI=1S/C21H39N7O8/c1-11(2)7-12(23)18(32)28-15(10-29)19(33)25-9-17(31)26-14(8-16(24)30)20(34)27-13(21(35)36)5-3-4-6-22/h11-15,29H,3-10,22-23H2,1-2H3,(H2,24,30)(H,25,33)(H,26,31)(H,27,34)(H,28,32)(H,35,36)/t12-,13-,14-,15-/m0/s1.